The van der Waals surface area contributed by atoms with E-state index in [0.29, 0.717) is 6.42 Å². The van der Waals surface area contributed by atoms with Gasteiger partial charge in [-0.3, -0.25) is 4.79 Å². The van der Waals surface area contributed by atoms with E-state index in [2.05, 4.69) is 5.32 Å². The van der Waals surface area contributed by atoms with E-state index in [9.17, 15) is 9.90 Å². The highest BCUT2D eigenvalue weighted by molar-refractivity contribution is 5.87. The molecule has 20 heavy (non-hydrogen) atoms. The monoisotopic (exact) mass is 275 g/mol. The number of aliphatic hydroxyl groups is 1. The first-order valence-electron chi connectivity index (χ1n) is 6.87. The Morgan fingerprint density at radius 2 is 2.20 bits per heavy atom. The quantitative estimate of drug-likeness (QED) is 0.881. The van der Waals surface area contributed by atoms with Crippen molar-refractivity contribution in [1.29, 1.82) is 0 Å². The van der Waals surface area contributed by atoms with Gasteiger partial charge in [0.2, 0.25) is 5.91 Å². The molecule has 2 aromatic rings. The summed E-state index contributed by atoms with van der Waals surface area (Å²) in [6.07, 6.45) is 2.48. The number of furan rings is 1. The average molecular weight is 275 g/mol. The second kappa shape index (κ2) is 5.67. The van der Waals surface area contributed by atoms with Crippen molar-refractivity contribution in [3.63, 3.8) is 0 Å². The van der Waals surface area contributed by atoms with Gasteiger partial charge in [-0.2, -0.15) is 0 Å². The van der Waals surface area contributed by atoms with Crippen LogP contribution in [0.2, 0.25) is 0 Å². The van der Waals surface area contributed by atoms with Crippen molar-refractivity contribution in [1.82, 2.24) is 5.32 Å². The molecule has 1 aromatic carbocycles. The van der Waals surface area contributed by atoms with E-state index in [-0.39, 0.29) is 18.9 Å². The van der Waals surface area contributed by atoms with E-state index in [1.807, 2.05) is 32.0 Å². The van der Waals surface area contributed by atoms with Crippen LogP contribution in [-0.2, 0) is 11.2 Å². The predicted octanol–water partition coefficient (Wildman–Crippen LogP) is 2.56. The zero-order valence-electron chi connectivity index (χ0n) is 12.2. The first-order valence-corrected chi connectivity index (χ1v) is 6.87. The van der Waals surface area contributed by atoms with Gasteiger partial charge >= 0.3 is 0 Å². The Labute approximate surface area is 118 Å². The predicted molar refractivity (Wildman–Crippen MR) is 78.6 cm³/mol. The molecular weight excluding hydrogens is 254 g/mol. The Morgan fingerprint density at radius 3 is 2.90 bits per heavy atom. The van der Waals surface area contributed by atoms with Crippen molar-refractivity contribution in [3.05, 3.63) is 35.6 Å². The standard InChI is InChI=1S/C16H21NO3/c1-4-16(3,19)10-17-15(18)8-12-9-20-14-7-11(2)5-6-13(12)14/h5-7,9,19H,4,8,10H2,1-3H3,(H,17,18). The van der Waals surface area contributed by atoms with Gasteiger partial charge in [0.1, 0.15) is 5.58 Å². The third kappa shape index (κ3) is 3.39. The summed E-state index contributed by atoms with van der Waals surface area (Å²) in [7, 11) is 0. The van der Waals surface area contributed by atoms with Gasteiger partial charge in [0.15, 0.2) is 0 Å². The van der Waals surface area contributed by atoms with Crippen LogP contribution < -0.4 is 5.32 Å². The fraction of sp³-hybridized carbons (Fsp3) is 0.438. The number of hydrogen-bond acceptors (Lipinski definition) is 3. The molecular formula is C16H21NO3. The first kappa shape index (κ1) is 14.6. The summed E-state index contributed by atoms with van der Waals surface area (Å²) in [5.74, 6) is -0.109. The highest BCUT2D eigenvalue weighted by Gasteiger charge is 2.19. The van der Waals surface area contributed by atoms with Gasteiger partial charge in [-0.25, -0.2) is 0 Å². The molecule has 0 bridgehead atoms. The van der Waals surface area contributed by atoms with Gasteiger partial charge in [0.25, 0.3) is 0 Å². The molecule has 0 fully saturated rings. The van der Waals surface area contributed by atoms with Crippen LogP contribution in [0.25, 0.3) is 11.0 Å². The molecule has 1 unspecified atom stereocenters. The lowest BCUT2D eigenvalue weighted by molar-refractivity contribution is -0.121. The maximum atomic E-state index is 11.9. The lowest BCUT2D eigenvalue weighted by Gasteiger charge is -2.21. The number of carbonyl (C=O) groups excluding carboxylic acids is 1. The fourth-order valence-electron chi connectivity index (χ4n) is 1.98. The second-order valence-corrected chi connectivity index (χ2v) is 5.56. The van der Waals surface area contributed by atoms with Crippen LogP contribution in [0.3, 0.4) is 0 Å². The lowest BCUT2D eigenvalue weighted by Crippen LogP contribution is -2.40. The lowest BCUT2D eigenvalue weighted by atomic mass is 10.0. The minimum absolute atomic E-state index is 0.109. The third-order valence-corrected chi connectivity index (χ3v) is 3.59. The number of fused-ring (bicyclic) bond motifs is 1. The molecule has 2 N–H and O–H groups in total. The van der Waals surface area contributed by atoms with Gasteiger partial charge < -0.3 is 14.8 Å². The molecule has 1 aromatic heterocycles. The van der Waals surface area contributed by atoms with Crippen LogP contribution in [0.15, 0.2) is 28.9 Å². The Bertz CT molecular complexity index is 613. The van der Waals surface area contributed by atoms with Crippen LogP contribution in [0.4, 0.5) is 0 Å². The van der Waals surface area contributed by atoms with E-state index in [1.54, 1.807) is 13.2 Å². The summed E-state index contributed by atoms with van der Waals surface area (Å²) >= 11 is 0. The summed E-state index contributed by atoms with van der Waals surface area (Å²) in [4.78, 5) is 11.9. The molecule has 0 aliphatic heterocycles. The molecule has 0 aliphatic rings. The normalized spacial score (nSPS) is 14.2. The summed E-state index contributed by atoms with van der Waals surface area (Å²) in [6, 6.07) is 5.93. The van der Waals surface area contributed by atoms with Crippen molar-refractivity contribution in [2.75, 3.05) is 6.54 Å². The highest BCUT2D eigenvalue weighted by atomic mass is 16.3. The Kier molecular flexibility index (Phi) is 4.14. The summed E-state index contributed by atoms with van der Waals surface area (Å²) in [5, 5.41) is 13.6. The Balaban J connectivity index is 2.03. The average Bonchev–Trinajstić information content (AvgIpc) is 2.79. The number of rotatable bonds is 5. The van der Waals surface area contributed by atoms with Crippen molar-refractivity contribution in [2.24, 2.45) is 0 Å². The van der Waals surface area contributed by atoms with Crippen LogP contribution in [0.5, 0.6) is 0 Å². The topological polar surface area (TPSA) is 62.5 Å². The van der Waals surface area contributed by atoms with Gasteiger partial charge in [-0.05, 0) is 31.9 Å². The molecule has 4 nitrogen and oxygen atoms in total. The minimum atomic E-state index is -0.856. The molecule has 0 spiro atoms. The smallest absolute Gasteiger partial charge is 0.224 e. The Morgan fingerprint density at radius 1 is 1.45 bits per heavy atom. The summed E-state index contributed by atoms with van der Waals surface area (Å²) in [6.45, 7) is 5.86. The van der Waals surface area contributed by atoms with Crippen molar-refractivity contribution >= 4 is 16.9 Å². The molecule has 2 rings (SSSR count). The molecule has 0 saturated heterocycles. The van der Waals surface area contributed by atoms with Gasteiger partial charge in [-0.1, -0.05) is 19.1 Å². The summed E-state index contributed by atoms with van der Waals surface area (Å²) in [5.41, 5.74) is 1.94. The SMILES string of the molecule is CCC(C)(O)CNC(=O)Cc1coc2cc(C)ccc12. The highest BCUT2D eigenvalue weighted by Crippen LogP contribution is 2.22. The van der Waals surface area contributed by atoms with Gasteiger partial charge in [0.05, 0.1) is 18.3 Å². The molecule has 0 saturated carbocycles. The number of carbonyl (C=O) groups is 1. The minimum Gasteiger partial charge on any atom is -0.464 e. The number of amides is 1. The van der Waals surface area contributed by atoms with Crippen molar-refractivity contribution in [2.45, 2.75) is 39.2 Å². The van der Waals surface area contributed by atoms with Gasteiger partial charge in [-0.15, -0.1) is 0 Å². The molecule has 1 atom stereocenters. The van der Waals surface area contributed by atoms with Crippen molar-refractivity contribution < 1.29 is 14.3 Å². The molecule has 0 aliphatic carbocycles. The third-order valence-electron chi connectivity index (χ3n) is 3.59. The number of aryl methyl sites for hydroxylation is 1. The number of hydrogen-bond donors (Lipinski definition) is 2. The number of benzene rings is 1. The van der Waals surface area contributed by atoms with Crippen LogP contribution in [0.1, 0.15) is 31.4 Å². The van der Waals surface area contributed by atoms with E-state index < -0.39 is 5.60 Å². The Hall–Kier alpha value is -1.81. The second-order valence-electron chi connectivity index (χ2n) is 5.56. The molecule has 1 heterocycles. The van der Waals surface area contributed by atoms with Crippen LogP contribution >= 0.6 is 0 Å². The largest absolute Gasteiger partial charge is 0.464 e. The van der Waals surface area contributed by atoms with E-state index >= 15 is 0 Å². The fourth-order valence-corrected chi connectivity index (χ4v) is 1.98. The maximum Gasteiger partial charge on any atom is 0.224 e. The zero-order valence-corrected chi connectivity index (χ0v) is 12.2. The number of nitrogens with one attached hydrogen (secondary N) is 1. The molecule has 1 amide bonds. The molecule has 108 valence electrons. The van der Waals surface area contributed by atoms with Gasteiger partial charge in [0, 0.05) is 17.5 Å². The van der Waals surface area contributed by atoms with E-state index in [1.165, 1.54) is 0 Å². The van der Waals surface area contributed by atoms with E-state index in [4.69, 9.17) is 4.42 Å². The first-order chi connectivity index (χ1) is 9.41. The summed E-state index contributed by atoms with van der Waals surface area (Å²) < 4.78 is 5.47. The van der Waals surface area contributed by atoms with Crippen LogP contribution in [0, 0.1) is 6.92 Å². The molecule has 0 radical (unpaired) electrons. The van der Waals surface area contributed by atoms with Crippen LogP contribution in [-0.4, -0.2) is 23.2 Å². The van der Waals surface area contributed by atoms with E-state index in [0.717, 1.165) is 22.1 Å². The zero-order chi connectivity index (χ0) is 14.8. The molecule has 4 heteroatoms. The maximum absolute atomic E-state index is 11.9. The van der Waals surface area contributed by atoms with Crippen molar-refractivity contribution in [3.8, 4) is 0 Å².